The van der Waals surface area contributed by atoms with Gasteiger partial charge in [0, 0.05) is 6.42 Å². The van der Waals surface area contributed by atoms with Crippen molar-refractivity contribution in [3.63, 3.8) is 0 Å². The third-order valence-corrected chi connectivity index (χ3v) is 11.6. The molecule has 2 rings (SSSR count). The van der Waals surface area contributed by atoms with Gasteiger partial charge in [0.25, 0.3) is 0 Å². The minimum atomic E-state index is -1.78. The van der Waals surface area contributed by atoms with Gasteiger partial charge >= 0.3 is 0 Å². The number of unbranched alkanes of at least 4 members (excludes halogenated alkanes) is 20. The zero-order valence-electron chi connectivity index (χ0n) is 36.9. The predicted molar refractivity (Wildman–Crippen MR) is 231 cm³/mol. The van der Waals surface area contributed by atoms with Gasteiger partial charge in [-0.05, 0) is 44.9 Å². The molecule has 14 nitrogen and oxygen atoms in total. The first-order valence-corrected chi connectivity index (χ1v) is 23.6. The third-order valence-electron chi connectivity index (χ3n) is 11.6. The molecule has 12 atom stereocenters. The molecule has 9 N–H and O–H groups in total. The number of allylic oxidation sites excluding steroid dienone is 3. The summed E-state index contributed by atoms with van der Waals surface area (Å²) in [4.78, 5) is 13.1. The first kappa shape index (κ1) is 54.6. The van der Waals surface area contributed by atoms with Crippen molar-refractivity contribution in [3.8, 4) is 0 Å². The number of nitrogens with one attached hydrogen (secondary N) is 1. The summed E-state index contributed by atoms with van der Waals surface area (Å²) in [7, 11) is 0. The Kier molecular flexibility index (Phi) is 30.9. The van der Waals surface area contributed by atoms with E-state index in [1.165, 1.54) is 89.9 Å². The zero-order valence-corrected chi connectivity index (χ0v) is 36.9. The normalized spacial score (nSPS) is 28.4. The van der Waals surface area contributed by atoms with Gasteiger partial charge in [-0.25, -0.2) is 0 Å². The maximum absolute atomic E-state index is 13.1. The number of aliphatic hydroxyl groups excluding tert-OH is 8. The summed E-state index contributed by atoms with van der Waals surface area (Å²) in [6, 6.07) is -0.911. The second-order valence-corrected chi connectivity index (χ2v) is 16.9. The molecule has 12 unspecified atom stereocenters. The van der Waals surface area contributed by atoms with E-state index in [4.69, 9.17) is 18.9 Å². The minimum Gasteiger partial charge on any atom is -0.394 e. The first-order chi connectivity index (χ1) is 29.1. The van der Waals surface area contributed by atoms with Crippen LogP contribution >= 0.6 is 0 Å². The number of carbonyl (C=O) groups is 1. The summed E-state index contributed by atoms with van der Waals surface area (Å²) in [6.07, 6.45) is 18.1. The average molecular weight is 860 g/mol. The fraction of sp³-hybridized carbons (Fsp3) is 0.891. The Morgan fingerprint density at radius 3 is 1.58 bits per heavy atom. The number of ether oxygens (including phenoxy) is 4. The van der Waals surface area contributed by atoms with Crippen LogP contribution in [0.1, 0.15) is 168 Å². The molecule has 0 aliphatic carbocycles. The Labute approximate surface area is 360 Å². The standard InChI is InChI=1S/C46H85NO13/c1-3-5-7-9-11-13-14-15-16-17-18-19-20-21-22-24-26-28-30-38(51)47-34(35(50)29-27-25-23-12-10-8-6-4-2)33-57-45-43(56)41(54)44(37(32-49)59-45)60-46-42(55)40(53)39(52)36(31-48)58-46/h16-17,27,29,34-37,39-46,48-50,52-56H,3-15,18-26,28,30-33H2,1-2H3,(H,47,51)/b17-16-,29-27+. The Hall–Kier alpha value is -1.53. The van der Waals surface area contributed by atoms with Crippen molar-refractivity contribution in [1.82, 2.24) is 5.32 Å². The molecule has 0 radical (unpaired) electrons. The van der Waals surface area contributed by atoms with E-state index in [0.29, 0.717) is 6.42 Å². The van der Waals surface area contributed by atoms with Crippen LogP contribution in [-0.4, -0.2) is 140 Å². The van der Waals surface area contributed by atoms with Crippen LogP contribution in [-0.2, 0) is 23.7 Å². The molecule has 0 aromatic heterocycles. The van der Waals surface area contributed by atoms with Gasteiger partial charge in [-0.15, -0.1) is 0 Å². The van der Waals surface area contributed by atoms with Gasteiger partial charge in [-0.1, -0.05) is 141 Å². The Morgan fingerprint density at radius 2 is 1.05 bits per heavy atom. The van der Waals surface area contributed by atoms with E-state index >= 15 is 0 Å². The summed E-state index contributed by atoms with van der Waals surface area (Å²) < 4.78 is 22.6. The molecule has 14 heteroatoms. The maximum Gasteiger partial charge on any atom is 0.220 e. The molecule has 352 valence electrons. The fourth-order valence-electron chi connectivity index (χ4n) is 7.70. The van der Waals surface area contributed by atoms with Crippen molar-refractivity contribution >= 4 is 5.91 Å². The summed E-state index contributed by atoms with van der Waals surface area (Å²) in [5.74, 6) is -0.248. The van der Waals surface area contributed by atoms with Gasteiger partial charge in [0.2, 0.25) is 5.91 Å². The lowest BCUT2D eigenvalue weighted by Crippen LogP contribution is -2.65. The average Bonchev–Trinajstić information content (AvgIpc) is 3.24. The Morgan fingerprint density at radius 1 is 0.583 bits per heavy atom. The lowest BCUT2D eigenvalue weighted by molar-refractivity contribution is -0.359. The number of amides is 1. The van der Waals surface area contributed by atoms with Crippen LogP contribution in [0.3, 0.4) is 0 Å². The summed E-state index contributed by atoms with van der Waals surface area (Å²) in [5.41, 5.74) is 0. The molecule has 2 aliphatic rings. The summed E-state index contributed by atoms with van der Waals surface area (Å²) in [6.45, 7) is 2.71. The number of aliphatic hydroxyl groups is 8. The van der Waals surface area contributed by atoms with Crippen LogP contribution in [0.15, 0.2) is 24.3 Å². The SMILES string of the molecule is CCCCCCCC/C=C/C(O)C(COC1OC(CO)C(OC2OC(CO)C(O)C(O)C2O)C(O)C1O)NC(=O)CCCCCCCCC/C=C\CCCCCCCCC. The van der Waals surface area contributed by atoms with Crippen molar-refractivity contribution in [2.45, 2.75) is 242 Å². The number of hydrogen-bond donors (Lipinski definition) is 9. The summed E-state index contributed by atoms with van der Waals surface area (Å²) >= 11 is 0. The molecule has 2 aliphatic heterocycles. The van der Waals surface area contributed by atoms with Gasteiger partial charge in [-0.3, -0.25) is 4.79 Å². The highest BCUT2D eigenvalue weighted by Crippen LogP contribution is 2.30. The Bertz CT molecular complexity index is 1110. The highest BCUT2D eigenvalue weighted by atomic mass is 16.7. The topological polar surface area (TPSA) is 228 Å². The van der Waals surface area contributed by atoms with Crippen LogP contribution in [0.25, 0.3) is 0 Å². The molecular weight excluding hydrogens is 774 g/mol. The van der Waals surface area contributed by atoms with Crippen molar-refractivity contribution in [2.75, 3.05) is 19.8 Å². The fourth-order valence-corrected chi connectivity index (χ4v) is 7.70. The lowest BCUT2D eigenvalue weighted by Gasteiger charge is -2.46. The second-order valence-electron chi connectivity index (χ2n) is 16.9. The molecular formula is C46H85NO13. The molecule has 0 saturated carbocycles. The molecule has 1 amide bonds. The molecule has 60 heavy (non-hydrogen) atoms. The van der Waals surface area contributed by atoms with Gasteiger partial charge in [-0.2, -0.15) is 0 Å². The summed E-state index contributed by atoms with van der Waals surface area (Å²) in [5, 5.41) is 86.3. The van der Waals surface area contributed by atoms with Crippen LogP contribution in [0.5, 0.6) is 0 Å². The molecule has 0 aromatic rings. The highest BCUT2D eigenvalue weighted by Gasteiger charge is 2.50. The van der Waals surface area contributed by atoms with Crippen molar-refractivity contribution in [2.24, 2.45) is 0 Å². The van der Waals surface area contributed by atoms with Crippen LogP contribution in [0.2, 0.25) is 0 Å². The molecule has 2 fully saturated rings. The van der Waals surface area contributed by atoms with E-state index < -0.39 is 86.8 Å². The van der Waals surface area contributed by atoms with Gasteiger partial charge in [0.05, 0.1) is 32.0 Å². The monoisotopic (exact) mass is 860 g/mol. The molecule has 0 aromatic carbocycles. The second kappa shape index (κ2) is 34.0. The first-order valence-electron chi connectivity index (χ1n) is 23.6. The maximum atomic E-state index is 13.1. The number of carbonyl (C=O) groups excluding carboxylic acids is 1. The lowest BCUT2D eigenvalue weighted by atomic mass is 9.97. The van der Waals surface area contributed by atoms with Crippen molar-refractivity contribution in [3.05, 3.63) is 24.3 Å². The van der Waals surface area contributed by atoms with Crippen LogP contribution < -0.4 is 5.32 Å². The van der Waals surface area contributed by atoms with Crippen molar-refractivity contribution < 1.29 is 64.6 Å². The molecule has 0 bridgehead atoms. The zero-order chi connectivity index (χ0) is 44.0. The molecule has 2 saturated heterocycles. The van der Waals surface area contributed by atoms with E-state index in [-0.39, 0.29) is 18.9 Å². The van der Waals surface area contributed by atoms with Crippen molar-refractivity contribution in [1.29, 1.82) is 0 Å². The van der Waals surface area contributed by atoms with E-state index in [1.54, 1.807) is 6.08 Å². The number of hydrogen-bond acceptors (Lipinski definition) is 13. The van der Waals surface area contributed by atoms with Gasteiger partial charge in [0.1, 0.15) is 48.8 Å². The van der Waals surface area contributed by atoms with Crippen LogP contribution in [0, 0.1) is 0 Å². The molecule has 2 heterocycles. The largest absolute Gasteiger partial charge is 0.394 e. The highest BCUT2D eigenvalue weighted by molar-refractivity contribution is 5.76. The van der Waals surface area contributed by atoms with Crippen LogP contribution in [0.4, 0.5) is 0 Å². The molecule has 0 spiro atoms. The minimum absolute atomic E-state index is 0.248. The third kappa shape index (κ3) is 21.7. The van der Waals surface area contributed by atoms with Gasteiger partial charge < -0.3 is 65.1 Å². The predicted octanol–water partition coefficient (Wildman–Crippen LogP) is 4.99. The smallest absolute Gasteiger partial charge is 0.220 e. The van der Waals surface area contributed by atoms with Gasteiger partial charge in [0.15, 0.2) is 12.6 Å². The van der Waals surface area contributed by atoms with E-state index in [1.807, 2.05) is 6.08 Å². The Balaban J connectivity index is 1.83. The van der Waals surface area contributed by atoms with E-state index in [0.717, 1.165) is 51.4 Å². The van der Waals surface area contributed by atoms with E-state index in [9.17, 15) is 45.6 Å². The van der Waals surface area contributed by atoms with E-state index in [2.05, 4.69) is 31.3 Å². The quantitative estimate of drug-likeness (QED) is 0.0303. The number of rotatable bonds is 35.